The molecule has 2 rings (SSSR count). The Hall–Kier alpha value is -0.650. The topological polar surface area (TPSA) is 84.6 Å². The Balaban J connectivity index is 2.04. The number of amides is 1. The van der Waals surface area contributed by atoms with Gasteiger partial charge in [0.05, 0.1) is 12.2 Å². The van der Waals surface area contributed by atoms with E-state index in [1.165, 1.54) is 0 Å². The minimum absolute atomic E-state index is 0.0874. The first-order valence-corrected chi connectivity index (χ1v) is 6.72. The van der Waals surface area contributed by atoms with Crippen LogP contribution in [0.3, 0.4) is 0 Å². The van der Waals surface area contributed by atoms with E-state index in [-0.39, 0.29) is 29.9 Å². The normalized spacial score (nSPS) is 38.7. The van der Waals surface area contributed by atoms with Gasteiger partial charge in [0.25, 0.3) is 0 Å². The highest BCUT2D eigenvalue weighted by atomic mass is 16.5. The van der Waals surface area contributed by atoms with Crippen molar-refractivity contribution < 1.29 is 14.6 Å². The highest BCUT2D eigenvalue weighted by Gasteiger charge is 2.71. The number of aliphatic hydroxyl groups is 1. The molecule has 0 bridgehead atoms. The standard InChI is InChI=1S/C13H24N2O3/c1-4-8(16)7-15-11(17)13(14)9-5-6-18-10(9)12(13,2)3/h8-10,16H,4-7,14H2,1-3H3,(H,15,17). The summed E-state index contributed by atoms with van der Waals surface area (Å²) in [7, 11) is 0. The molecule has 104 valence electrons. The van der Waals surface area contributed by atoms with Crippen molar-refractivity contribution in [1.29, 1.82) is 0 Å². The molecule has 0 spiro atoms. The fourth-order valence-corrected chi connectivity index (χ4v) is 3.35. The average molecular weight is 256 g/mol. The monoisotopic (exact) mass is 256 g/mol. The van der Waals surface area contributed by atoms with Crippen LogP contribution in [0.25, 0.3) is 0 Å². The van der Waals surface area contributed by atoms with E-state index in [1.807, 2.05) is 20.8 Å². The number of carbonyl (C=O) groups is 1. The summed E-state index contributed by atoms with van der Waals surface area (Å²) in [5.41, 5.74) is 5.14. The molecule has 2 aliphatic rings. The molecule has 4 atom stereocenters. The Morgan fingerprint density at radius 2 is 2.28 bits per heavy atom. The summed E-state index contributed by atoms with van der Waals surface area (Å²) in [4.78, 5) is 12.3. The molecule has 4 unspecified atom stereocenters. The van der Waals surface area contributed by atoms with Crippen LogP contribution in [0.2, 0.25) is 0 Å². The Morgan fingerprint density at radius 1 is 1.61 bits per heavy atom. The van der Waals surface area contributed by atoms with E-state index in [1.54, 1.807) is 0 Å². The van der Waals surface area contributed by atoms with Crippen LogP contribution < -0.4 is 11.1 Å². The Labute approximate surface area is 108 Å². The fraction of sp³-hybridized carbons (Fsp3) is 0.923. The predicted molar refractivity (Wildman–Crippen MR) is 67.9 cm³/mol. The number of aliphatic hydroxyl groups excluding tert-OH is 1. The van der Waals surface area contributed by atoms with E-state index in [4.69, 9.17) is 10.5 Å². The molecular weight excluding hydrogens is 232 g/mol. The van der Waals surface area contributed by atoms with Gasteiger partial charge >= 0.3 is 0 Å². The summed E-state index contributed by atoms with van der Waals surface area (Å²) in [6.07, 6.45) is 1.05. The molecule has 1 saturated heterocycles. The van der Waals surface area contributed by atoms with Gasteiger partial charge in [-0.05, 0) is 12.8 Å². The fourth-order valence-electron chi connectivity index (χ4n) is 3.35. The number of carbonyl (C=O) groups excluding carboxylic acids is 1. The van der Waals surface area contributed by atoms with Crippen LogP contribution in [0.1, 0.15) is 33.6 Å². The van der Waals surface area contributed by atoms with Crippen molar-refractivity contribution in [1.82, 2.24) is 5.32 Å². The van der Waals surface area contributed by atoms with Crippen molar-refractivity contribution in [3.8, 4) is 0 Å². The quantitative estimate of drug-likeness (QED) is 0.662. The van der Waals surface area contributed by atoms with Crippen LogP contribution >= 0.6 is 0 Å². The van der Waals surface area contributed by atoms with Gasteiger partial charge in [0, 0.05) is 24.5 Å². The third-order valence-electron chi connectivity index (χ3n) is 4.80. The zero-order chi connectivity index (χ0) is 13.6. The van der Waals surface area contributed by atoms with Crippen molar-refractivity contribution in [3.63, 3.8) is 0 Å². The molecule has 1 aliphatic carbocycles. The van der Waals surface area contributed by atoms with Gasteiger partial charge in [0.15, 0.2) is 0 Å². The molecule has 0 aromatic heterocycles. The van der Waals surface area contributed by atoms with Crippen molar-refractivity contribution in [2.45, 2.75) is 51.4 Å². The largest absolute Gasteiger partial charge is 0.391 e. The first-order chi connectivity index (χ1) is 8.35. The molecule has 1 saturated carbocycles. The second kappa shape index (κ2) is 4.47. The Kier molecular flexibility index (Phi) is 3.42. The van der Waals surface area contributed by atoms with Crippen LogP contribution in [-0.4, -0.2) is 41.9 Å². The van der Waals surface area contributed by atoms with Crippen molar-refractivity contribution >= 4 is 5.91 Å². The van der Waals surface area contributed by atoms with E-state index in [9.17, 15) is 9.90 Å². The van der Waals surface area contributed by atoms with Gasteiger partial charge in [0.1, 0.15) is 5.54 Å². The average Bonchev–Trinajstić information content (AvgIpc) is 2.82. The van der Waals surface area contributed by atoms with Crippen LogP contribution in [-0.2, 0) is 9.53 Å². The molecular formula is C13H24N2O3. The number of hydrogen-bond donors (Lipinski definition) is 3. The molecule has 2 fully saturated rings. The second-order valence-electron chi connectivity index (χ2n) is 6.05. The lowest BCUT2D eigenvalue weighted by Gasteiger charge is -2.60. The van der Waals surface area contributed by atoms with Gasteiger partial charge in [-0.15, -0.1) is 0 Å². The van der Waals surface area contributed by atoms with Crippen LogP contribution in [0, 0.1) is 11.3 Å². The van der Waals surface area contributed by atoms with E-state index < -0.39 is 11.6 Å². The maximum atomic E-state index is 12.3. The Morgan fingerprint density at radius 3 is 2.89 bits per heavy atom. The third-order valence-corrected chi connectivity index (χ3v) is 4.80. The second-order valence-corrected chi connectivity index (χ2v) is 6.05. The van der Waals surface area contributed by atoms with Gasteiger partial charge < -0.3 is 20.9 Å². The summed E-state index contributed by atoms with van der Waals surface area (Å²) in [6, 6.07) is 0. The minimum Gasteiger partial charge on any atom is -0.391 e. The van der Waals surface area contributed by atoms with Gasteiger partial charge in [-0.3, -0.25) is 4.79 Å². The van der Waals surface area contributed by atoms with Crippen molar-refractivity contribution in [2.24, 2.45) is 17.1 Å². The summed E-state index contributed by atoms with van der Waals surface area (Å²) in [6.45, 7) is 6.79. The zero-order valence-electron chi connectivity index (χ0n) is 11.4. The molecule has 0 radical (unpaired) electrons. The number of nitrogens with one attached hydrogen (secondary N) is 1. The van der Waals surface area contributed by atoms with Gasteiger partial charge in [-0.1, -0.05) is 20.8 Å². The van der Waals surface area contributed by atoms with Crippen molar-refractivity contribution in [2.75, 3.05) is 13.2 Å². The number of nitrogens with two attached hydrogens (primary N) is 1. The van der Waals surface area contributed by atoms with E-state index in [0.29, 0.717) is 13.0 Å². The van der Waals surface area contributed by atoms with Crippen molar-refractivity contribution in [3.05, 3.63) is 0 Å². The molecule has 0 aromatic rings. The smallest absolute Gasteiger partial charge is 0.241 e. The van der Waals surface area contributed by atoms with Crippen LogP contribution in [0.15, 0.2) is 0 Å². The highest BCUT2D eigenvalue weighted by Crippen LogP contribution is 2.58. The van der Waals surface area contributed by atoms with Gasteiger partial charge in [-0.2, -0.15) is 0 Å². The maximum absolute atomic E-state index is 12.3. The summed E-state index contributed by atoms with van der Waals surface area (Å²) < 4.78 is 5.65. The molecule has 1 amide bonds. The van der Waals surface area contributed by atoms with Gasteiger partial charge in [-0.25, -0.2) is 0 Å². The molecule has 1 aliphatic heterocycles. The zero-order valence-corrected chi connectivity index (χ0v) is 11.4. The highest BCUT2D eigenvalue weighted by molar-refractivity contribution is 5.89. The number of fused-ring (bicyclic) bond motifs is 1. The SMILES string of the molecule is CCC(O)CNC(=O)C1(N)C2CCOC2C1(C)C. The predicted octanol–water partition coefficient (Wildman–Crippen LogP) is 0.0159. The number of ether oxygens (including phenoxy) is 1. The lowest BCUT2D eigenvalue weighted by molar-refractivity contribution is -0.175. The molecule has 5 heteroatoms. The van der Waals surface area contributed by atoms with Crippen LogP contribution in [0.5, 0.6) is 0 Å². The molecule has 0 aromatic carbocycles. The molecule has 4 N–H and O–H groups in total. The first kappa shape index (κ1) is 13.8. The van der Waals surface area contributed by atoms with E-state index in [0.717, 1.165) is 6.42 Å². The lowest BCUT2D eigenvalue weighted by atomic mass is 9.48. The summed E-state index contributed by atoms with van der Waals surface area (Å²) >= 11 is 0. The van der Waals surface area contributed by atoms with E-state index in [2.05, 4.69) is 5.32 Å². The molecule has 1 heterocycles. The molecule has 18 heavy (non-hydrogen) atoms. The summed E-state index contributed by atoms with van der Waals surface area (Å²) in [5, 5.41) is 12.3. The lowest BCUT2D eigenvalue weighted by Crippen LogP contribution is -2.80. The summed E-state index contributed by atoms with van der Waals surface area (Å²) in [5.74, 6) is -0.0574. The minimum atomic E-state index is -0.873. The first-order valence-electron chi connectivity index (χ1n) is 6.72. The number of hydrogen-bond acceptors (Lipinski definition) is 4. The third kappa shape index (κ3) is 1.68. The maximum Gasteiger partial charge on any atom is 0.241 e. The van der Waals surface area contributed by atoms with Crippen LogP contribution in [0.4, 0.5) is 0 Å². The van der Waals surface area contributed by atoms with Gasteiger partial charge in [0.2, 0.25) is 5.91 Å². The number of rotatable bonds is 4. The Bertz CT molecular complexity index is 345. The molecule has 5 nitrogen and oxygen atoms in total. The van der Waals surface area contributed by atoms with E-state index >= 15 is 0 Å².